The predicted octanol–water partition coefficient (Wildman–Crippen LogP) is 3.09. The fraction of sp³-hybridized carbons (Fsp3) is 0.188. The summed E-state index contributed by atoms with van der Waals surface area (Å²) in [4.78, 5) is 17.8. The summed E-state index contributed by atoms with van der Waals surface area (Å²) in [7, 11) is 0. The molecule has 0 fully saturated rings. The summed E-state index contributed by atoms with van der Waals surface area (Å²) in [6.07, 6.45) is 0. The van der Waals surface area contributed by atoms with E-state index >= 15 is 0 Å². The molecule has 3 aromatic rings. The van der Waals surface area contributed by atoms with Crippen molar-refractivity contribution in [3.8, 4) is 6.07 Å². The number of para-hydroxylation sites is 2. The molecular formula is C16H12N4OS. The summed E-state index contributed by atoms with van der Waals surface area (Å²) >= 11 is 1.57. The molecule has 1 aliphatic rings. The highest BCUT2D eigenvalue weighted by Crippen LogP contribution is 2.40. The standard InChI is InChI=1S/C16H12N4OS/c1-9-6-7-22-14(9)13-10(8-17)15(21)19-16-18-11-4-2-3-5-12(11)20(13)16/h2-7,10,13H,1H3,(H,18,19,21)/t10-,13+/m0/s1. The maximum atomic E-state index is 12.3. The van der Waals surface area contributed by atoms with Crippen molar-refractivity contribution in [2.75, 3.05) is 5.32 Å². The molecular weight excluding hydrogens is 296 g/mol. The molecule has 0 saturated heterocycles. The van der Waals surface area contributed by atoms with E-state index in [2.05, 4.69) is 16.4 Å². The Morgan fingerprint density at radius 2 is 2.18 bits per heavy atom. The van der Waals surface area contributed by atoms with Crippen LogP contribution in [0.15, 0.2) is 35.7 Å². The van der Waals surface area contributed by atoms with Crippen LogP contribution in [0.1, 0.15) is 16.5 Å². The van der Waals surface area contributed by atoms with Crippen molar-refractivity contribution in [1.29, 1.82) is 5.26 Å². The molecule has 2 atom stereocenters. The van der Waals surface area contributed by atoms with Crippen LogP contribution in [-0.2, 0) is 4.79 Å². The number of hydrogen-bond donors (Lipinski definition) is 1. The predicted molar refractivity (Wildman–Crippen MR) is 84.7 cm³/mol. The SMILES string of the molecule is Cc1ccsc1[C@H]1[C@H](C#N)C(=O)Nc2nc3ccccc3n21. The normalized spacial score (nSPS) is 20.5. The van der Waals surface area contributed by atoms with Gasteiger partial charge in [-0.1, -0.05) is 12.1 Å². The fourth-order valence-electron chi connectivity index (χ4n) is 2.98. The molecule has 1 aromatic carbocycles. The number of nitrogens with one attached hydrogen (secondary N) is 1. The van der Waals surface area contributed by atoms with Gasteiger partial charge in [0.25, 0.3) is 0 Å². The Labute approximate surface area is 130 Å². The van der Waals surface area contributed by atoms with Gasteiger partial charge in [0.15, 0.2) is 5.92 Å². The maximum Gasteiger partial charge on any atom is 0.246 e. The van der Waals surface area contributed by atoms with Crippen LogP contribution in [0, 0.1) is 24.2 Å². The first-order chi connectivity index (χ1) is 10.7. The van der Waals surface area contributed by atoms with Gasteiger partial charge in [0.05, 0.1) is 23.1 Å². The zero-order valence-electron chi connectivity index (χ0n) is 11.8. The Hall–Kier alpha value is -2.65. The Balaban J connectivity index is 2.05. The quantitative estimate of drug-likeness (QED) is 0.751. The lowest BCUT2D eigenvalue weighted by atomic mass is 9.95. The van der Waals surface area contributed by atoms with Crippen molar-refractivity contribution < 1.29 is 4.79 Å². The largest absolute Gasteiger partial charge is 0.300 e. The number of imidazole rings is 1. The topological polar surface area (TPSA) is 70.7 Å². The number of thiophene rings is 1. The van der Waals surface area contributed by atoms with Gasteiger partial charge in [-0.25, -0.2) is 4.98 Å². The van der Waals surface area contributed by atoms with Crippen LogP contribution >= 0.6 is 11.3 Å². The number of carbonyl (C=O) groups excluding carboxylic acids is 1. The number of carbonyl (C=O) groups is 1. The number of anilines is 1. The van der Waals surface area contributed by atoms with Crippen LogP contribution in [-0.4, -0.2) is 15.5 Å². The minimum atomic E-state index is -0.762. The molecule has 108 valence electrons. The van der Waals surface area contributed by atoms with E-state index in [1.165, 1.54) is 0 Å². The van der Waals surface area contributed by atoms with Crippen molar-refractivity contribution in [1.82, 2.24) is 9.55 Å². The summed E-state index contributed by atoms with van der Waals surface area (Å²) in [6.45, 7) is 2.01. The van der Waals surface area contributed by atoms with Gasteiger partial charge in [-0.2, -0.15) is 5.26 Å². The number of fused-ring (bicyclic) bond motifs is 3. The summed E-state index contributed by atoms with van der Waals surface area (Å²) in [5.41, 5.74) is 2.83. The molecule has 6 heteroatoms. The van der Waals surface area contributed by atoms with E-state index in [0.717, 1.165) is 21.5 Å². The average molecular weight is 308 g/mol. The van der Waals surface area contributed by atoms with Crippen LogP contribution in [0.25, 0.3) is 11.0 Å². The Bertz CT molecular complexity index is 933. The number of aryl methyl sites for hydroxylation is 1. The van der Waals surface area contributed by atoms with Gasteiger partial charge in [-0.05, 0) is 36.1 Å². The first-order valence-corrected chi connectivity index (χ1v) is 7.80. The number of aromatic nitrogens is 2. The monoisotopic (exact) mass is 308 g/mol. The molecule has 0 saturated carbocycles. The second-order valence-electron chi connectivity index (χ2n) is 5.30. The zero-order valence-corrected chi connectivity index (χ0v) is 12.6. The van der Waals surface area contributed by atoms with Crippen molar-refractivity contribution in [2.45, 2.75) is 13.0 Å². The van der Waals surface area contributed by atoms with Gasteiger partial charge >= 0.3 is 0 Å². The van der Waals surface area contributed by atoms with E-state index < -0.39 is 5.92 Å². The first-order valence-electron chi connectivity index (χ1n) is 6.92. The van der Waals surface area contributed by atoms with Crippen LogP contribution in [0.4, 0.5) is 5.95 Å². The highest BCUT2D eigenvalue weighted by molar-refractivity contribution is 7.10. The fourth-order valence-corrected chi connectivity index (χ4v) is 4.03. The summed E-state index contributed by atoms with van der Waals surface area (Å²) in [6, 6.07) is 11.6. The van der Waals surface area contributed by atoms with E-state index in [-0.39, 0.29) is 11.9 Å². The van der Waals surface area contributed by atoms with Crippen LogP contribution in [0.5, 0.6) is 0 Å². The Morgan fingerprint density at radius 3 is 2.91 bits per heavy atom. The van der Waals surface area contributed by atoms with Crippen molar-refractivity contribution in [3.63, 3.8) is 0 Å². The van der Waals surface area contributed by atoms with E-state index in [9.17, 15) is 10.1 Å². The third kappa shape index (κ3) is 1.69. The molecule has 1 aliphatic heterocycles. The lowest BCUT2D eigenvalue weighted by Gasteiger charge is -2.29. The van der Waals surface area contributed by atoms with Crippen molar-refractivity contribution >= 4 is 34.2 Å². The van der Waals surface area contributed by atoms with Crippen LogP contribution in [0.3, 0.4) is 0 Å². The Morgan fingerprint density at radius 1 is 1.36 bits per heavy atom. The number of amides is 1. The molecule has 0 aliphatic carbocycles. The number of nitrogens with zero attached hydrogens (tertiary/aromatic N) is 3. The van der Waals surface area contributed by atoms with Crippen molar-refractivity contribution in [2.24, 2.45) is 5.92 Å². The highest BCUT2D eigenvalue weighted by atomic mass is 32.1. The first kappa shape index (κ1) is 13.0. The minimum absolute atomic E-state index is 0.289. The third-order valence-corrected chi connectivity index (χ3v) is 5.11. The minimum Gasteiger partial charge on any atom is -0.300 e. The van der Waals surface area contributed by atoms with Crippen LogP contribution < -0.4 is 5.32 Å². The second kappa shape index (κ2) is 4.68. The van der Waals surface area contributed by atoms with E-state index in [0.29, 0.717) is 5.95 Å². The number of hydrogen-bond acceptors (Lipinski definition) is 4. The molecule has 3 heterocycles. The molecule has 0 unspecified atom stereocenters. The molecule has 5 nitrogen and oxygen atoms in total. The molecule has 4 rings (SSSR count). The molecule has 2 aromatic heterocycles. The lowest BCUT2D eigenvalue weighted by molar-refractivity contribution is -0.119. The second-order valence-corrected chi connectivity index (χ2v) is 6.25. The zero-order chi connectivity index (χ0) is 15.3. The number of nitriles is 1. The summed E-state index contributed by atoms with van der Waals surface area (Å²) in [5, 5.41) is 14.3. The van der Waals surface area contributed by atoms with E-state index in [4.69, 9.17) is 0 Å². The van der Waals surface area contributed by atoms with Gasteiger partial charge in [-0.15, -0.1) is 11.3 Å². The molecule has 0 bridgehead atoms. The smallest absolute Gasteiger partial charge is 0.246 e. The molecule has 22 heavy (non-hydrogen) atoms. The number of benzene rings is 1. The molecule has 1 N–H and O–H groups in total. The molecule has 0 radical (unpaired) electrons. The Kier molecular flexibility index (Phi) is 2.78. The van der Waals surface area contributed by atoms with Gasteiger partial charge in [0.1, 0.15) is 0 Å². The molecule has 0 spiro atoms. The van der Waals surface area contributed by atoms with Gasteiger partial charge in [-0.3, -0.25) is 14.7 Å². The summed E-state index contributed by atoms with van der Waals surface area (Å²) < 4.78 is 1.98. The lowest BCUT2D eigenvalue weighted by Crippen LogP contribution is -2.37. The van der Waals surface area contributed by atoms with E-state index in [1.54, 1.807) is 11.3 Å². The number of rotatable bonds is 1. The highest BCUT2D eigenvalue weighted by Gasteiger charge is 2.39. The molecule has 1 amide bonds. The summed E-state index contributed by atoms with van der Waals surface area (Å²) in [5.74, 6) is -0.541. The maximum absolute atomic E-state index is 12.3. The van der Waals surface area contributed by atoms with Gasteiger partial charge < -0.3 is 0 Å². The van der Waals surface area contributed by atoms with Crippen molar-refractivity contribution in [3.05, 3.63) is 46.2 Å². The van der Waals surface area contributed by atoms with Crippen LogP contribution in [0.2, 0.25) is 0 Å². The van der Waals surface area contributed by atoms with E-state index in [1.807, 2.05) is 47.2 Å². The van der Waals surface area contributed by atoms with Gasteiger partial charge in [0.2, 0.25) is 11.9 Å². The van der Waals surface area contributed by atoms with Gasteiger partial charge in [0, 0.05) is 4.88 Å². The average Bonchev–Trinajstić information content (AvgIpc) is 3.09. The third-order valence-electron chi connectivity index (χ3n) is 4.02.